The summed E-state index contributed by atoms with van der Waals surface area (Å²) in [5.74, 6) is 1.14. The van der Waals surface area contributed by atoms with Crippen molar-refractivity contribution >= 4 is 51.5 Å². The molecule has 32 heavy (non-hydrogen) atoms. The number of carbonyl (C=O) groups excluding carboxylic acids is 3. The van der Waals surface area contributed by atoms with Crippen LogP contribution in [-0.4, -0.2) is 36.7 Å². The smallest absolute Gasteiger partial charge is 0.348 e. The molecule has 0 unspecified atom stereocenters. The normalized spacial score (nSPS) is 27.7. The molecule has 4 aliphatic carbocycles. The highest BCUT2D eigenvalue weighted by Crippen LogP contribution is 2.61. The summed E-state index contributed by atoms with van der Waals surface area (Å²) in [4.78, 5) is 37.8. The largest absolute Gasteiger partial charge is 0.465 e. The van der Waals surface area contributed by atoms with Gasteiger partial charge in [0, 0.05) is 6.42 Å². The molecule has 0 radical (unpaired) electrons. The summed E-state index contributed by atoms with van der Waals surface area (Å²) in [7, 11) is 1.29. The molecule has 5 rings (SSSR count). The number of amides is 1. The predicted molar refractivity (Wildman–Crippen MR) is 126 cm³/mol. The second kappa shape index (κ2) is 9.09. The Morgan fingerprint density at radius 1 is 1.09 bits per heavy atom. The summed E-state index contributed by atoms with van der Waals surface area (Å²) >= 11 is 6.43. The summed E-state index contributed by atoms with van der Waals surface area (Å²) in [6.45, 7) is 3.57. The monoisotopic (exact) mass is 478 g/mol. The number of esters is 2. The van der Waals surface area contributed by atoms with Crippen LogP contribution in [0, 0.1) is 30.1 Å². The molecule has 0 aromatic carbocycles. The highest BCUT2D eigenvalue weighted by atomic mass is 32.1. The molecule has 4 fully saturated rings. The average molecular weight is 479 g/mol. The van der Waals surface area contributed by atoms with Gasteiger partial charge in [-0.2, -0.15) is 0 Å². The van der Waals surface area contributed by atoms with Gasteiger partial charge in [-0.25, -0.2) is 9.59 Å². The third-order valence-electron chi connectivity index (χ3n) is 7.18. The summed E-state index contributed by atoms with van der Waals surface area (Å²) in [5.41, 5.74) is 0.808. The number of thiocarbonyl (C=S) groups is 1. The van der Waals surface area contributed by atoms with E-state index in [1.807, 2.05) is 0 Å². The maximum Gasteiger partial charge on any atom is 0.348 e. The van der Waals surface area contributed by atoms with Crippen LogP contribution in [0.1, 0.15) is 77.5 Å². The van der Waals surface area contributed by atoms with Crippen LogP contribution in [0.3, 0.4) is 0 Å². The number of rotatable bonds is 6. The molecule has 1 aromatic heterocycles. The van der Waals surface area contributed by atoms with Gasteiger partial charge < -0.3 is 20.1 Å². The first-order chi connectivity index (χ1) is 15.2. The van der Waals surface area contributed by atoms with E-state index in [4.69, 9.17) is 21.7 Å². The van der Waals surface area contributed by atoms with Crippen LogP contribution in [-0.2, 0) is 14.3 Å². The lowest BCUT2D eigenvalue weighted by atomic mass is 9.49. The molecule has 0 spiro atoms. The van der Waals surface area contributed by atoms with E-state index >= 15 is 0 Å². The quantitative estimate of drug-likeness (QED) is 0.461. The van der Waals surface area contributed by atoms with Crippen LogP contribution in [0.4, 0.5) is 5.00 Å². The maximum atomic E-state index is 12.9. The minimum atomic E-state index is -0.554. The Kier molecular flexibility index (Phi) is 6.58. The van der Waals surface area contributed by atoms with Crippen LogP contribution >= 0.6 is 23.6 Å². The molecule has 4 bridgehead atoms. The van der Waals surface area contributed by atoms with Crippen molar-refractivity contribution in [2.24, 2.45) is 23.2 Å². The number of ether oxygens (including phenoxy) is 2. The van der Waals surface area contributed by atoms with Gasteiger partial charge in [-0.05, 0) is 93.3 Å². The Labute approximate surface area is 197 Å². The average Bonchev–Trinajstić information content (AvgIpc) is 3.01. The van der Waals surface area contributed by atoms with Crippen LogP contribution in [0.2, 0.25) is 0 Å². The molecule has 0 atom stereocenters. The highest BCUT2D eigenvalue weighted by molar-refractivity contribution is 7.80. The first kappa shape index (κ1) is 23.2. The molecule has 0 saturated heterocycles. The Balaban J connectivity index is 1.44. The van der Waals surface area contributed by atoms with Crippen LogP contribution in [0.5, 0.6) is 0 Å². The zero-order valence-corrected chi connectivity index (χ0v) is 20.4. The second-order valence-corrected chi connectivity index (χ2v) is 11.0. The fourth-order valence-electron chi connectivity index (χ4n) is 6.49. The lowest BCUT2D eigenvalue weighted by Crippen LogP contribution is -2.48. The standard InChI is InChI=1S/C23H30N2O5S2/c1-4-30-20(27)17-12(2)18(21(28)29-3)32-19(17)25-22(31)24-16(26)11-23-8-13-5-14(9-23)7-15(6-13)10-23/h13-15H,4-11H2,1-3H3,(H2,24,25,26,31). The molecule has 4 saturated carbocycles. The topological polar surface area (TPSA) is 93.7 Å². The van der Waals surface area contributed by atoms with Crippen molar-refractivity contribution in [2.45, 2.75) is 58.8 Å². The van der Waals surface area contributed by atoms with Gasteiger partial charge in [0.1, 0.15) is 9.88 Å². The third-order valence-corrected chi connectivity index (χ3v) is 8.57. The van der Waals surface area contributed by atoms with Crippen molar-refractivity contribution in [3.05, 3.63) is 16.0 Å². The van der Waals surface area contributed by atoms with E-state index in [1.165, 1.54) is 26.4 Å². The number of hydrogen-bond acceptors (Lipinski definition) is 7. The summed E-state index contributed by atoms with van der Waals surface area (Å²) < 4.78 is 9.96. The van der Waals surface area contributed by atoms with E-state index in [0.717, 1.165) is 48.4 Å². The van der Waals surface area contributed by atoms with E-state index in [-0.39, 0.29) is 28.6 Å². The van der Waals surface area contributed by atoms with Crippen molar-refractivity contribution in [3.8, 4) is 0 Å². The fraction of sp³-hybridized carbons (Fsp3) is 0.652. The summed E-state index contributed by atoms with van der Waals surface area (Å²) in [5, 5.41) is 6.21. The lowest BCUT2D eigenvalue weighted by molar-refractivity contribution is -0.127. The molecule has 174 valence electrons. The van der Waals surface area contributed by atoms with Crippen molar-refractivity contribution in [1.29, 1.82) is 0 Å². The first-order valence-corrected chi connectivity index (χ1v) is 12.5. The SMILES string of the molecule is CCOC(=O)c1c(NC(=S)NC(=O)CC23CC4CC(CC(C4)C2)C3)sc(C(=O)OC)c1C. The number of hydrogen-bond donors (Lipinski definition) is 2. The van der Waals surface area contributed by atoms with Gasteiger partial charge in [-0.15, -0.1) is 11.3 Å². The van der Waals surface area contributed by atoms with Gasteiger partial charge in [0.05, 0.1) is 19.3 Å². The van der Waals surface area contributed by atoms with Gasteiger partial charge in [0.25, 0.3) is 0 Å². The van der Waals surface area contributed by atoms with Gasteiger partial charge >= 0.3 is 11.9 Å². The maximum absolute atomic E-state index is 12.9. The fourth-order valence-corrected chi connectivity index (χ4v) is 7.89. The van der Waals surface area contributed by atoms with E-state index in [1.54, 1.807) is 13.8 Å². The molecule has 1 aromatic rings. The van der Waals surface area contributed by atoms with Crippen molar-refractivity contribution < 1.29 is 23.9 Å². The molecular weight excluding hydrogens is 448 g/mol. The number of anilines is 1. The van der Waals surface area contributed by atoms with Crippen LogP contribution in [0.25, 0.3) is 0 Å². The molecule has 1 amide bonds. The van der Waals surface area contributed by atoms with Gasteiger partial charge in [0.2, 0.25) is 5.91 Å². The van der Waals surface area contributed by atoms with Crippen LogP contribution in [0.15, 0.2) is 0 Å². The first-order valence-electron chi connectivity index (χ1n) is 11.2. The van der Waals surface area contributed by atoms with Crippen molar-refractivity contribution in [2.75, 3.05) is 19.0 Å². The predicted octanol–water partition coefficient (Wildman–Crippen LogP) is 4.44. The van der Waals surface area contributed by atoms with Gasteiger partial charge in [-0.3, -0.25) is 4.79 Å². The molecule has 7 nitrogen and oxygen atoms in total. The molecule has 4 aliphatic rings. The van der Waals surface area contributed by atoms with Gasteiger partial charge in [0.15, 0.2) is 5.11 Å². The Hall–Kier alpha value is -2.00. The Bertz CT molecular complexity index is 919. The molecule has 0 aliphatic heterocycles. The van der Waals surface area contributed by atoms with Crippen molar-refractivity contribution in [3.63, 3.8) is 0 Å². The number of methoxy groups -OCH3 is 1. The lowest BCUT2D eigenvalue weighted by Gasteiger charge is -2.56. The zero-order chi connectivity index (χ0) is 23.0. The second-order valence-electron chi connectivity index (χ2n) is 9.57. The Morgan fingerprint density at radius 3 is 2.22 bits per heavy atom. The summed E-state index contributed by atoms with van der Waals surface area (Å²) in [6.07, 6.45) is 7.91. The van der Waals surface area contributed by atoms with Crippen LogP contribution < -0.4 is 10.6 Å². The number of carbonyl (C=O) groups is 3. The minimum Gasteiger partial charge on any atom is -0.465 e. The molecule has 2 N–H and O–H groups in total. The molecule has 1 heterocycles. The molecule has 9 heteroatoms. The van der Waals surface area contributed by atoms with Gasteiger partial charge in [-0.1, -0.05) is 0 Å². The highest BCUT2D eigenvalue weighted by Gasteiger charge is 2.51. The summed E-state index contributed by atoms with van der Waals surface area (Å²) in [6, 6.07) is 0. The number of thiophene rings is 1. The third kappa shape index (κ3) is 4.55. The number of nitrogens with one attached hydrogen (secondary N) is 2. The van der Waals surface area contributed by atoms with E-state index in [2.05, 4.69) is 10.6 Å². The minimum absolute atomic E-state index is 0.0939. The zero-order valence-electron chi connectivity index (χ0n) is 18.7. The van der Waals surface area contributed by atoms with E-state index < -0.39 is 11.9 Å². The van der Waals surface area contributed by atoms with E-state index in [9.17, 15) is 14.4 Å². The van der Waals surface area contributed by atoms with E-state index in [0.29, 0.717) is 21.9 Å². The molecular formula is C23H30N2O5S2. The van der Waals surface area contributed by atoms with Crippen molar-refractivity contribution in [1.82, 2.24) is 5.32 Å². The Morgan fingerprint density at radius 2 is 1.69 bits per heavy atom.